The predicted octanol–water partition coefficient (Wildman–Crippen LogP) is 5.82. The van der Waals surface area contributed by atoms with Crippen LogP contribution < -0.4 is 19.6 Å². The second-order valence-electron chi connectivity index (χ2n) is 8.95. The van der Waals surface area contributed by atoms with E-state index in [1.807, 2.05) is 18.2 Å². The van der Waals surface area contributed by atoms with Crippen molar-refractivity contribution in [1.82, 2.24) is 4.57 Å². The highest BCUT2D eigenvalue weighted by molar-refractivity contribution is 7.07. The van der Waals surface area contributed by atoms with Gasteiger partial charge in [0, 0.05) is 15.6 Å². The number of hydrogen-bond donors (Lipinski definition) is 0. The number of esters is 1. The number of nitrogens with zero attached hydrogens (tertiary/aromatic N) is 2. The maximum absolute atomic E-state index is 13.7. The Morgan fingerprint density at radius 3 is 2.50 bits per heavy atom. The zero-order chi connectivity index (χ0) is 28.4. The molecule has 1 aliphatic rings. The molecule has 6 nitrogen and oxygen atoms in total. The van der Waals surface area contributed by atoms with E-state index in [0.29, 0.717) is 36.4 Å². The molecule has 3 aromatic carbocycles. The summed E-state index contributed by atoms with van der Waals surface area (Å²) < 4.78 is 26.7. The molecule has 0 radical (unpaired) electrons. The number of hydrogen-bond acceptors (Lipinski definition) is 6. The minimum atomic E-state index is -0.798. The van der Waals surface area contributed by atoms with Crippen molar-refractivity contribution in [3.63, 3.8) is 0 Å². The summed E-state index contributed by atoms with van der Waals surface area (Å²) in [5.74, 6) is -0.350. The Balaban J connectivity index is 1.48. The minimum Gasteiger partial charge on any atom is -0.489 e. The summed E-state index contributed by atoms with van der Waals surface area (Å²) >= 11 is 13.4. The van der Waals surface area contributed by atoms with Gasteiger partial charge in [-0.25, -0.2) is 14.2 Å². The molecule has 204 valence electrons. The fourth-order valence-corrected chi connectivity index (χ4v) is 5.87. The first kappa shape index (κ1) is 27.8. The molecule has 1 aliphatic heterocycles. The number of rotatable bonds is 7. The molecule has 4 aromatic rings. The molecule has 0 amide bonds. The smallest absolute Gasteiger partial charge is 0.338 e. The number of ether oxygens (including phenoxy) is 2. The van der Waals surface area contributed by atoms with Crippen LogP contribution in [0.5, 0.6) is 5.75 Å². The number of benzene rings is 3. The maximum Gasteiger partial charge on any atom is 0.338 e. The van der Waals surface area contributed by atoms with E-state index >= 15 is 0 Å². The maximum atomic E-state index is 13.7. The Labute approximate surface area is 243 Å². The van der Waals surface area contributed by atoms with Crippen LogP contribution in [0.15, 0.2) is 87.8 Å². The van der Waals surface area contributed by atoms with E-state index in [2.05, 4.69) is 4.99 Å². The molecule has 0 N–H and O–H groups in total. The fourth-order valence-electron chi connectivity index (χ4n) is 4.36. The molecule has 0 unspecified atom stereocenters. The van der Waals surface area contributed by atoms with Gasteiger partial charge in [-0.1, -0.05) is 64.9 Å². The van der Waals surface area contributed by atoms with Crippen molar-refractivity contribution in [2.45, 2.75) is 26.5 Å². The van der Waals surface area contributed by atoms with Gasteiger partial charge in [-0.05, 0) is 67.4 Å². The average Bonchev–Trinajstić information content (AvgIpc) is 3.23. The first-order valence-electron chi connectivity index (χ1n) is 12.4. The van der Waals surface area contributed by atoms with Crippen molar-refractivity contribution >= 4 is 46.6 Å². The van der Waals surface area contributed by atoms with Crippen LogP contribution in [0.4, 0.5) is 4.39 Å². The summed E-state index contributed by atoms with van der Waals surface area (Å²) in [6.07, 6.45) is 1.76. The van der Waals surface area contributed by atoms with Gasteiger partial charge in [0.1, 0.15) is 18.2 Å². The summed E-state index contributed by atoms with van der Waals surface area (Å²) in [6.45, 7) is 3.86. The van der Waals surface area contributed by atoms with Crippen molar-refractivity contribution < 1.29 is 18.7 Å². The van der Waals surface area contributed by atoms with E-state index < -0.39 is 17.8 Å². The van der Waals surface area contributed by atoms with Gasteiger partial charge in [0.25, 0.3) is 5.56 Å². The highest BCUT2D eigenvalue weighted by Crippen LogP contribution is 2.31. The Hall–Kier alpha value is -3.72. The van der Waals surface area contributed by atoms with Crippen LogP contribution >= 0.6 is 34.5 Å². The van der Waals surface area contributed by atoms with Gasteiger partial charge in [0.2, 0.25) is 0 Å². The zero-order valence-electron chi connectivity index (χ0n) is 21.5. The highest BCUT2D eigenvalue weighted by Gasteiger charge is 2.33. The zero-order valence-corrected chi connectivity index (χ0v) is 23.8. The lowest BCUT2D eigenvalue weighted by molar-refractivity contribution is -0.139. The van der Waals surface area contributed by atoms with E-state index in [4.69, 9.17) is 32.7 Å². The quantitative estimate of drug-likeness (QED) is 0.252. The van der Waals surface area contributed by atoms with Crippen molar-refractivity contribution in [1.29, 1.82) is 0 Å². The Morgan fingerprint density at radius 2 is 1.82 bits per heavy atom. The molecule has 1 atom stereocenters. The van der Waals surface area contributed by atoms with Gasteiger partial charge in [0.05, 0.1) is 28.5 Å². The Bertz CT molecular complexity index is 1800. The topological polar surface area (TPSA) is 69.9 Å². The van der Waals surface area contributed by atoms with E-state index in [-0.39, 0.29) is 24.3 Å². The van der Waals surface area contributed by atoms with Gasteiger partial charge in [-0.2, -0.15) is 0 Å². The van der Waals surface area contributed by atoms with Gasteiger partial charge < -0.3 is 9.47 Å². The number of allylic oxidation sites excluding steroid dienone is 1. The van der Waals surface area contributed by atoms with Gasteiger partial charge in [-0.3, -0.25) is 9.36 Å². The Morgan fingerprint density at radius 1 is 1.10 bits per heavy atom. The van der Waals surface area contributed by atoms with E-state index in [1.54, 1.807) is 56.3 Å². The summed E-state index contributed by atoms with van der Waals surface area (Å²) in [5.41, 5.74) is 2.54. The minimum absolute atomic E-state index is 0.169. The van der Waals surface area contributed by atoms with Crippen molar-refractivity contribution in [2.75, 3.05) is 6.61 Å². The number of carbonyl (C=O) groups excluding carboxylic acids is 1. The first-order chi connectivity index (χ1) is 19.2. The molecular formula is C30H23Cl2FN2O4S. The lowest BCUT2D eigenvalue weighted by Crippen LogP contribution is -2.39. The molecule has 5 rings (SSSR count). The van der Waals surface area contributed by atoms with Crippen molar-refractivity contribution in [3.8, 4) is 5.75 Å². The molecule has 0 aliphatic carbocycles. The monoisotopic (exact) mass is 596 g/mol. The third kappa shape index (κ3) is 5.75. The molecule has 40 heavy (non-hydrogen) atoms. The fraction of sp³-hybridized carbons (Fsp3) is 0.167. The molecule has 10 heteroatoms. The van der Waals surface area contributed by atoms with Crippen molar-refractivity contribution in [2.24, 2.45) is 4.99 Å². The van der Waals surface area contributed by atoms with Crippen LogP contribution in [0.2, 0.25) is 10.0 Å². The summed E-state index contributed by atoms with van der Waals surface area (Å²) in [6, 6.07) is 17.4. The number of aromatic nitrogens is 1. The van der Waals surface area contributed by atoms with Crippen molar-refractivity contribution in [3.05, 3.63) is 130 Å². The van der Waals surface area contributed by atoms with Crippen LogP contribution in [0.3, 0.4) is 0 Å². The number of carbonyl (C=O) groups is 1. The molecule has 2 heterocycles. The molecule has 0 saturated carbocycles. The van der Waals surface area contributed by atoms with Crippen LogP contribution in [0, 0.1) is 5.82 Å². The van der Waals surface area contributed by atoms with Crippen LogP contribution in [-0.2, 0) is 16.1 Å². The summed E-state index contributed by atoms with van der Waals surface area (Å²) in [5, 5.41) is 1.08. The second-order valence-corrected chi connectivity index (χ2v) is 10.8. The van der Waals surface area contributed by atoms with Crippen LogP contribution in [-0.4, -0.2) is 17.1 Å². The molecule has 0 fully saturated rings. The standard InChI is InChI=1S/C30H23Cl2FN2O4S/c1-3-38-29(37)26-17(2)34-30-35(27(26)19-7-10-22(33)11-8-19)28(36)25(40-30)14-18-4-12-23(13-5-18)39-16-20-6-9-21(31)15-24(20)32/h4-15,27H,3,16H2,1-2H3/b25-14-/t27-/m1/s1. The average molecular weight is 597 g/mol. The van der Waals surface area contributed by atoms with E-state index in [0.717, 1.165) is 11.1 Å². The molecule has 0 saturated heterocycles. The van der Waals surface area contributed by atoms with Crippen LogP contribution in [0.1, 0.15) is 36.6 Å². The molecular weight excluding hydrogens is 574 g/mol. The summed E-state index contributed by atoms with van der Waals surface area (Å²) in [4.78, 5) is 31.6. The lowest BCUT2D eigenvalue weighted by atomic mass is 9.96. The third-order valence-corrected chi connectivity index (χ3v) is 7.86. The second kappa shape index (κ2) is 11.8. The van der Waals surface area contributed by atoms with E-state index in [9.17, 15) is 14.0 Å². The van der Waals surface area contributed by atoms with Gasteiger partial charge >= 0.3 is 5.97 Å². The Kier molecular flexibility index (Phi) is 8.21. The third-order valence-electron chi connectivity index (χ3n) is 6.29. The molecule has 1 aromatic heterocycles. The first-order valence-corrected chi connectivity index (χ1v) is 13.9. The molecule has 0 bridgehead atoms. The number of halogens is 3. The largest absolute Gasteiger partial charge is 0.489 e. The SMILES string of the molecule is CCOC(=O)C1=C(C)N=c2s/c(=C\c3ccc(OCc4ccc(Cl)cc4Cl)cc3)c(=O)n2[C@@H]1c1ccc(F)cc1. The predicted molar refractivity (Wildman–Crippen MR) is 154 cm³/mol. The summed E-state index contributed by atoms with van der Waals surface area (Å²) in [7, 11) is 0. The normalized spacial score (nSPS) is 15.0. The van der Waals surface area contributed by atoms with Gasteiger partial charge in [-0.15, -0.1) is 0 Å². The number of fused-ring (bicyclic) bond motifs is 1. The molecule has 0 spiro atoms. The van der Waals surface area contributed by atoms with Gasteiger partial charge in [0.15, 0.2) is 4.80 Å². The van der Waals surface area contributed by atoms with E-state index in [1.165, 1.54) is 28.0 Å². The highest BCUT2D eigenvalue weighted by atomic mass is 35.5. The van der Waals surface area contributed by atoms with Crippen LogP contribution in [0.25, 0.3) is 6.08 Å². The lowest BCUT2D eigenvalue weighted by Gasteiger charge is -2.24. The number of thiazole rings is 1.